The highest BCUT2D eigenvalue weighted by molar-refractivity contribution is 5.94. The molecule has 0 saturated carbocycles. The number of aliphatic imine (C=N–C) groups is 1. The summed E-state index contributed by atoms with van der Waals surface area (Å²) in [5.74, 6) is 0.436. The summed E-state index contributed by atoms with van der Waals surface area (Å²) in [6, 6.07) is 0. The van der Waals surface area contributed by atoms with Gasteiger partial charge < -0.3 is 5.73 Å². The molecule has 16 heavy (non-hydrogen) atoms. The zero-order valence-electron chi connectivity index (χ0n) is 7.76. The second kappa shape index (κ2) is 2.62. The second-order valence-electron chi connectivity index (χ2n) is 2.98. The molecule has 0 aromatic carbocycles. The molecule has 0 atom stereocenters. The SMILES string of the molecule is [NH]c1nc2n3c(nc(=N)nc3n1)N=C(N)N2. The maximum Gasteiger partial charge on any atom is 0.248 e. The van der Waals surface area contributed by atoms with Crippen LogP contribution in [0.2, 0.25) is 0 Å². The molecule has 0 spiro atoms. The Kier molecular flexibility index (Phi) is 1.40. The largest absolute Gasteiger partial charge is 0.369 e. The Balaban J connectivity index is 2.54. The van der Waals surface area contributed by atoms with Crippen LogP contribution < -0.4 is 22.4 Å². The first-order valence-electron chi connectivity index (χ1n) is 4.20. The maximum absolute atomic E-state index is 7.37. The van der Waals surface area contributed by atoms with Crippen LogP contribution in [0.3, 0.4) is 0 Å². The highest BCUT2D eigenvalue weighted by Crippen LogP contribution is 2.18. The van der Waals surface area contributed by atoms with Gasteiger partial charge in [0.25, 0.3) is 0 Å². The third-order valence-corrected chi connectivity index (χ3v) is 1.90. The van der Waals surface area contributed by atoms with Crippen molar-refractivity contribution in [3.05, 3.63) is 5.62 Å². The molecule has 0 saturated heterocycles. The molecule has 10 heteroatoms. The molecule has 2 aromatic heterocycles. The summed E-state index contributed by atoms with van der Waals surface area (Å²) < 4.78 is 1.38. The topological polar surface area (TPSA) is 154 Å². The molecule has 1 aliphatic heterocycles. The van der Waals surface area contributed by atoms with Gasteiger partial charge in [-0.2, -0.15) is 24.9 Å². The van der Waals surface area contributed by atoms with Gasteiger partial charge in [0.2, 0.25) is 35.2 Å². The van der Waals surface area contributed by atoms with Gasteiger partial charge >= 0.3 is 0 Å². The van der Waals surface area contributed by atoms with Crippen LogP contribution in [0, 0.1) is 5.41 Å². The van der Waals surface area contributed by atoms with Crippen LogP contribution in [-0.4, -0.2) is 30.3 Å². The lowest BCUT2D eigenvalue weighted by molar-refractivity contribution is 0.857. The number of guanidine groups is 1. The molecule has 0 aliphatic carbocycles. The van der Waals surface area contributed by atoms with Crippen molar-refractivity contribution in [2.45, 2.75) is 0 Å². The van der Waals surface area contributed by atoms with Crippen molar-refractivity contribution in [3.8, 4) is 0 Å². The van der Waals surface area contributed by atoms with E-state index in [2.05, 4.69) is 30.2 Å². The molecule has 3 rings (SSSR count). The minimum atomic E-state index is -0.238. The van der Waals surface area contributed by atoms with Gasteiger partial charge in [0, 0.05) is 0 Å². The Morgan fingerprint density at radius 2 is 2.00 bits per heavy atom. The fourth-order valence-electron chi connectivity index (χ4n) is 1.35. The van der Waals surface area contributed by atoms with Crippen LogP contribution in [0.25, 0.3) is 5.78 Å². The van der Waals surface area contributed by atoms with E-state index in [-0.39, 0.29) is 35.2 Å². The van der Waals surface area contributed by atoms with E-state index < -0.39 is 0 Å². The van der Waals surface area contributed by atoms with Gasteiger partial charge in [0.15, 0.2) is 0 Å². The Hall–Kier alpha value is -2.78. The molecule has 2 aromatic rings. The molecule has 0 fully saturated rings. The summed E-state index contributed by atoms with van der Waals surface area (Å²) >= 11 is 0. The summed E-state index contributed by atoms with van der Waals surface area (Å²) in [7, 11) is 0. The van der Waals surface area contributed by atoms with E-state index in [1.165, 1.54) is 4.40 Å². The van der Waals surface area contributed by atoms with E-state index in [9.17, 15) is 0 Å². The Morgan fingerprint density at radius 3 is 2.81 bits per heavy atom. The second-order valence-corrected chi connectivity index (χ2v) is 2.98. The van der Waals surface area contributed by atoms with Crippen LogP contribution in [0.4, 0.5) is 17.8 Å². The number of nitrogens with two attached hydrogens (primary N) is 1. The maximum atomic E-state index is 7.37. The minimum Gasteiger partial charge on any atom is -0.369 e. The van der Waals surface area contributed by atoms with Crippen molar-refractivity contribution in [1.29, 1.82) is 5.41 Å². The molecule has 1 radical (unpaired) electrons. The molecule has 0 amide bonds. The molecule has 10 nitrogen and oxygen atoms in total. The molecule has 1 aliphatic rings. The molecular formula is C6H5N10. The van der Waals surface area contributed by atoms with Crippen molar-refractivity contribution < 1.29 is 0 Å². The van der Waals surface area contributed by atoms with Crippen LogP contribution in [-0.2, 0) is 0 Å². The predicted octanol–water partition coefficient (Wildman–Crippen LogP) is -1.72. The third kappa shape index (κ3) is 1.06. The lowest BCUT2D eigenvalue weighted by Crippen LogP contribution is -2.30. The smallest absolute Gasteiger partial charge is 0.248 e. The van der Waals surface area contributed by atoms with Gasteiger partial charge in [-0.3, -0.25) is 16.5 Å². The number of nitrogens with one attached hydrogen (secondary N) is 3. The van der Waals surface area contributed by atoms with Gasteiger partial charge in [-0.05, 0) is 0 Å². The highest BCUT2D eigenvalue weighted by Gasteiger charge is 2.16. The first kappa shape index (κ1) is 8.52. The number of hydrogen-bond donors (Lipinski definition) is 3. The van der Waals surface area contributed by atoms with Crippen LogP contribution in [0.1, 0.15) is 0 Å². The quantitative estimate of drug-likeness (QED) is 0.477. The molecule has 79 valence electrons. The van der Waals surface area contributed by atoms with E-state index in [1.54, 1.807) is 0 Å². The van der Waals surface area contributed by atoms with Gasteiger partial charge in [0.05, 0.1) is 0 Å². The zero-order chi connectivity index (χ0) is 11.3. The third-order valence-electron chi connectivity index (χ3n) is 1.90. The van der Waals surface area contributed by atoms with E-state index >= 15 is 0 Å². The van der Waals surface area contributed by atoms with E-state index in [0.29, 0.717) is 0 Å². The van der Waals surface area contributed by atoms with Gasteiger partial charge in [-0.1, -0.05) is 0 Å². The lowest BCUT2D eigenvalue weighted by atomic mass is 10.7. The molecular weight excluding hydrogens is 212 g/mol. The molecule has 0 bridgehead atoms. The first-order valence-corrected chi connectivity index (χ1v) is 4.20. The normalized spacial score (nSPS) is 13.4. The zero-order valence-corrected chi connectivity index (χ0v) is 7.76. The average Bonchev–Trinajstić information content (AvgIpc) is 2.14. The fourth-order valence-corrected chi connectivity index (χ4v) is 1.35. The first-order chi connectivity index (χ1) is 7.63. The Labute approximate surface area is 87.6 Å². The lowest BCUT2D eigenvalue weighted by Gasteiger charge is -2.14. The number of rotatable bonds is 0. The summed E-state index contributed by atoms with van der Waals surface area (Å²) in [5.41, 5.74) is 12.6. The Morgan fingerprint density at radius 1 is 1.19 bits per heavy atom. The van der Waals surface area contributed by atoms with E-state index in [4.69, 9.17) is 16.9 Å². The van der Waals surface area contributed by atoms with Gasteiger partial charge in [-0.15, -0.1) is 0 Å². The molecule has 5 N–H and O–H groups in total. The monoisotopic (exact) mass is 217 g/mol. The number of anilines is 1. The van der Waals surface area contributed by atoms with Gasteiger partial charge in [0.1, 0.15) is 0 Å². The summed E-state index contributed by atoms with van der Waals surface area (Å²) in [6.45, 7) is 0. The standard InChI is InChI=1S/C6H5N10/c7-1-10-4-12-2(8)14-6-15-3(9)13-5(11-1)16(4)6/h7H,(H4,8,9,10,11,12,13,14,15). The van der Waals surface area contributed by atoms with Crippen molar-refractivity contribution in [1.82, 2.24) is 30.1 Å². The fraction of sp³-hybridized carbons (Fsp3) is 0. The molecule has 3 heterocycles. The van der Waals surface area contributed by atoms with Crippen molar-refractivity contribution in [2.24, 2.45) is 10.7 Å². The number of nitrogens with zero attached hydrogens (tertiary/aromatic N) is 6. The highest BCUT2D eigenvalue weighted by atomic mass is 15.4. The summed E-state index contributed by atoms with van der Waals surface area (Å²) in [5, 5.41) is 10.0. The van der Waals surface area contributed by atoms with Crippen molar-refractivity contribution in [2.75, 3.05) is 5.32 Å². The van der Waals surface area contributed by atoms with E-state index in [0.717, 1.165) is 0 Å². The average molecular weight is 217 g/mol. The number of aromatic nitrogens is 5. The van der Waals surface area contributed by atoms with Crippen molar-refractivity contribution in [3.63, 3.8) is 0 Å². The number of hydrogen-bond acceptors (Lipinski definition) is 8. The van der Waals surface area contributed by atoms with E-state index in [1.807, 2.05) is 0 Å². The Bertz CT molecular complexity index is 682. The van der Waals surface area contributed by atoms with Crippen molar-refractivity contribution >= 4 is 29.6 Å². The van der Waals surface area contributed by atoms with Crippen LogP contribution in [0.15, 0.2) is 4.99 Å². The summed E-state index contributed by atoms with van der Waals surface area (Å²) in [6.07, 6.45) is 0. The molecule has 0 unspecified atom stereocenters. The van der Waals surface area contributed by atoms with Gasteiger partial charge in [-0.25, -0.2) is 4.40 Å². The minimum absolute atomic E-state index is 0.0949. The predicted molar refractivity (Wildman–Crippen MR) is 52.1 cm³/mol. The summed E-state index contributed by atoms with van der Waals surface area (Å²) in [4.78, 5) is 19.0. The van der Waals surface area contributed by atoms with Crippen LogP contribution >= 0.6 is 0 Å². The van der Waals surface area contributed by atoms with Crippen LogP contribution in [0.5, 0.6) is 0 Å².